The second-order valence-electron chi connectivity index (χ2n) is 6.91. The van der Waals surface area contributed by atoms with Gasteiger partial charge in [0.05, 0.1) is 16.6 Å². The van der Waals surface area contributed by atoms with Gasteiger partial charge in [-0.25, -0.2) is 5.43 Å². The number of hydrogen-bond acceptors (Lipinski definition) is 3. The summed E-state index contributed by atoms with van der Waals surface area (Å²) < 4.78 is 0.581. The van der Waals surface area contributed by atoms with Crippen molar-refractivity contribution in [3.05, 3.63) is 100 Å². The van der Waals surface area contributed by atoms with Crippen molar-refractivity contribution >= 4 is 28.1 Å². The van der Waals surface area contributed by atoms with Gasteiger partial charge in [-0.05, 0) is 57.2 Å². The molecule has 1 atom stereocenters. The molecule has 0 bridgehead atoms. The lowest BCUT2D eigenvalue weighted by Gasteiger charge is -2.18. The maximum absolute atomic E-state index is 12.8. The topological polar surface area (TPSA) is 61.7 Å². The first-order valence-electron chi connectivity index (χ1n) is 9.04. The number of aromatic hydroxyl groups is 1. The van der Waals surface area contributed by atoms with E-state index in [0.29, 0.717) is 4.47 Å². The predicted octanol–water partition coefficient (Wildman–Crippen LogP) is 4.61. The minimum atomic E-state index is -0.302. The summed E-state index contributed by atoms with van der Waals surface area (Å²) in [4.78, 5) is 12.8. The van der Waals surface area contributed by atoms with Crippen molar-refractivity contribution in [3.63, 3.8) is 0 Å². The monoisotopic (exact) mass is 434 g/mol. The quantitative estimate of drug-likeness (QED) is 0.454. The van der Waals surface area contributed by atoms with Crippen molar-refractivity contribution in [3.8, 4) is 5.75 Å². The third kappa shape index (κ3) is 3.45. The van der Waals surface area contributed by atoms with Gasteiger partial charge >= 0.3 is 0 Å². The Bertz CT molecular complexity index is 980. The molecule has 140 valence electrons. The molecule has 0 spiro atoms. The average Bonchev–Trinajstić information content (AvgIpc) is 3.49. The molecule has 1 fully saturated rings. The zero-order chi connectivity index (χ0) is 19.6. The van der Waals surface area contributed by atoms with E-state index >= 15 is 0 Å². The van der Waals surface area contributed by atoms with Crippen LogP contribution in [0.1, 0.15) is 23.1 Å². The van der Waals surface area contributed by atoms with Crippen LogP contribution in [0.15, 0.2) is 88.4 Å². The van der Waals surface area contributed by atoms with Gasteiger partial charge in [0.25, 0.3) is 0 Å². The standard InChI is InChI=1S/C23H19BrN2O2/c24-20-13-16(11-12-21(20)27)15-25-26-22(28)19-14-23(19,17-7-3-1-4-8-17)18-9-5-2-6-10-18/h1-13,15,19,27H,14H2,(H,26,28)/t19-/m1/s1. The molecule has 1 saturated carbocycles. The maximum atomic E-state index is 12.8. The second-order valence-corrected chi connectivity index (χ2v) is 7.76. The van der Waals surface area contributed by atoms with Crippen LogP contribution in [-0.2, 0) is 10.2 Å². The number of halogens is 1. The van der Waals surface area contributed by atoms with Gasteiger partial charge in [-0.15, -0.1) is 0 Å². The molecule has 0 saturated heterocycles. The van der Waals surface area contributed by atoms with Gasteiger partial charge in [0.1, 0.15) is 5.75 Å². The average molecular weight is 435 g/mol. The number of nitrogens with one attached hydrogen (secondary N) is 1. The number of carbonyl (C=O) groups is 1. The number of hydrazone groups is 1. The molecule has 1 aliphatic carbocycles. The Hall–Kier alpha value is -2.92. The Morgan fingerprint density at radius 1 is 1.04 bits per heavy atom. The summed E-state index contributed by atoms with van der Waals surface area (Å²) in [6, 6.07) is 25.4. The first kappa shape index (κ1) is 18.4. The fourth-order valence-electron chi connectivity index (χ4n) is 3.71. The Kier molecular flexibility index (Phi) is 5.01. The fraction of sp³-hybridized carbons (Fsp3) is 0.130. The highest BCUT2D eigenvalue weighted by Gasteiger charge is 2.60. The van der Waals surface area contributed by atoms with E-state index in [0.717, 1.165) is 23.1 Å². The number of hydrogen-bond donors (Lipinski definition) is 2. The summed E-state index contributed by atoms with van der Waals surface area (Å²) in [5.41, 5.74) is 5.44. The molecule has 0 aromatic heterocycles. The van der Waals surface area contributed by atoms with E-state index in [4.69, 9.17) is 0 Å². The molecular formula is C23H19BrN2O2. The van der Waals surface area contributed by atoms with Gasteiger partial charge in [-0.2, -0.15) is 5.10 Å². The summed E-state index contributed by atoms with van der Waals surface area (Å²) in [6.45, 7) is 0. The molecule has 2 N–H and O–H groups in total. The minimum Gasteiger partial charge on any atom is -0.507 e. The van der Waals surface area contributed by atoms with E-state index in [1.807, 2.05) is 36.4 Å². The molecule has 3 aromatic carbocycles. The van der Waals surface area contributed by atoms with Crippen LogP contribution < -0.4 is 5.43 Å². The summed E-state index contributed by atoms with van der Waals surface area (Å²) >= 11 is 3.27. The summed E-state index contributed by atoms with van der Waals surface area (Å²) in [5.74, 6) is -0.0996. The van der Waals surface area contributed by atoms with Crippen LogP contribution in [0.25, 0.3) is 0 Å². The van der Waals surface area contributed by atoms with Crippen LogP contribution in [0.4, 0.5) is 0 Å². The van der Waals surface area contributed by atoms with Gasteiger partial charge in [-0.3, -0.25) is 4.79 Å². The molecule has 28 heavy (non-hydrogen) atoms. The highest BCUT2D eigenvalue weighted by atomic mass is 79.9. The van der Waals surface area contributed by atoms with Gasteiger partial charge in [-0.1, -0.05) is 60.7 Å². The van der Waals surface area contributed by atoms with Crippen molar-refractivity contribution in [1.82, 2.24) is 5.43 Å². The lowest BCUT2D eigenvalue weighted by atomic mass is 9.85. The second kappa shape index (κ2) is 7.60. The third-order valence-electron chi connectivity index (χ3n) is 5.22. The Morgan fingerprint density at radius 3 is 2.21 bits per heavy atom. The van der Waals surface area contributed by atoms with E-state index in [-0.39, 0.29) is 23.0 Å². The van der Waals surface area contributed by atoms with Gasteiger partial charge < -0.3 is 5.11 Å². The SMILES string of the molecule is O=C(NN=Cc1ccc(O)c(Br)c1)[C@H]1CC1(c1ccccc1)c1ccccc1. The number of benzene rings is 3. The van der Waals surface area contributed by atoms with Crippen molar-refractivity contribution in [2.75, 3.05) is 0 Å². The van der Waals surface area contributed by atoms with Crippen LogP contribution in [0.3, 0.4) is 0 Å². The molecule has 3 aromatic rings. The lowest BCUT2D eigenvalue weighted by molar-refractivity contribution is -0.122. The maximum Gasteiger partial charge on any atom is 0.244 e. The van der Waals surface area contributed by atoms with Gasteiger partial charge in [0.15, 0.2) is 0 Å². The third-order valence-corrected chi connectivity index (χ3v) is 5.85. The lowest BCUT2D eigenvalue weighted by Crippen LogP contribution is -2.25. The normalized spacial score (nSPS) is 17.4. The number of phenolic OH excluding ortho intramolecular Hbond substituents is 1. The zero-order valence-electron chi connectivity index (χ0n) is 15.0. The molecule has 5 heteroatoms. The number of rotatable bonds is 5. The molecular weight excluding hydrogens is 416 g/mol. The number of amides is 1. The molecule has 1 aliphatic rings. The molecule has 0 radical (unpaired) electrons. The molecule has 4 rings (SSSR count). The molecule has 0 aliphatic heterocycles. The van der Waals surface area contributed by atoms with E-state index in [1.54, 1.807) is 24.4 Å². The van der Waals surface area contributed by atoms with Crippen molar-refractivity contribution in [2.45, 2.75) is 11.8 Å². The van der Waals surface area contributed by atoms with Gasteiger partial charge in [0, 0.05) is 5.41 Å². The van der Waals surface area contributed by atoms with E-state index < -0.39 is 0 Å². The summed E-state index contributed by atoms with van der Waals surface area (Å²) in [5, 5.41) is 13.7. The minimum absolute atomic E-state index is 0.0956. The van der Waals surface area contributed by atoms with Crippen LogP contribution in [0, 0.1) is 5.92 Å². The molecule has 0 unspecified atom stereocenters. The van der Waals surface area contributed by atoms with Crippen LogP contribution >= 0.6 is 15.9 Å². The largest absolute Gasteiger partial charge is 0.507 e. The van der Waals surface area contributed by atoms with Crippen LogP contribution in [-0.4, -0.2) is 17.2 Å². The Balaban J connectivity index is 1.53. The van der Waals surface area contributed by atoms with Gasteiger partial charge in [0.2, 0.25) is 5.91 Å². The zero-order valence-corrected chi connectivity index (χ0v) is 16.6. The smallest absolute Gasteiger partial charge is 0.244 e. The van der Waals surface area contributed by atoms with E-state index in [1.165, 1.54) is 0 Å². The fourth-order valence-corrected chi connectivity index (χ4v) is 4.10. The van der Waals surface area contributed by atoms with Crippen LogP contribution in [0.5, 0.6) is 5.75 Å². The summed E-state index contributed by atoms with van der Waals surface area (Å²) in [7, 11) is 0. The Morgan fingerprint density at radius 2 is 1.64 bits per heavy atom. The van der Waals surface area contributed by atoms with E-state index in [2.05, 4.69) is 50.7 Å². The van der Waals surface area contributed by atoms with Crippen LogP contribution in [0.2, 0.25) is 0 Å². The number of carbonyl (C=O) groups excluding carboxylic acids is 1. The summed E-state index contributed by atoms with van der Waals surface area (Å²) in [6.07, 6.45) is 2.32. The first-order valence-corrected chi connectivity index (χ1v) is 9.83. The molecule has 1 amide bonds. The highest BCUT2D eigenvalue weighted by molar-refractivity contribution is 9.10. The number of phenols is 1. The predicted molar refractivity (Wildman–Crippen MR) is 113 cm³/mol. The first-order chi connectivity index (χ1) is 13.6. The molecule has 4 nitrogen and oxygen atoms in total. The molecule has 0 heterocycles. The Labute approximate surface area is 172 Å². The van der Waals surface area contributed by atoms with Crippen molar-refractivity contribution < 1.29 is 9.90 Å². The highest BCUT2D eigenvalue weighted by Crippen LogP contribution is 2.58. The van der Waals surface area contributed by atoms with Crippen molar-refractivity contribution in [2.24, 2.45) is 11.0 Å². The van der Waals surface area contributed by atoms with Crippen molar-refractivity contribution in [1.29, 1.82) is 0 Å². The number of nitrogens with zero attached hydrogens (tertiary/aromatic N) is 1. The van der Waals surface area contributed by atoms with E-state index in [9.17, 15) is 9.90 Å².